The Labute approximate surface area is 84.7 Å². The number of aromatic nitrogens is 1. The van der Waals surface area contributed by atoms with Gasteiger partial charge in [0.25, 0.3) is 5.24 Å². The SMILES string of the molecule is CSc1ccc(C#N)nc1C(=O)Cl. The molecule has 0 saturated heterocycles. The molecule has 0 aliphatic heterocycles. The van der Waals surface area contributed by atoms with Crippen LogP contribution in [-0.2, 0) is 0 Å². The maximum absolute atomic E-state index is 10.9. The van der Waals surface area contributed by atoms with Crippen molar-refractivity contribution in [3.05, 3.63) is 23.5 Å². The molecular weight excluding hydrogens is 208 g/mol. The standard InChI is InChI=1S/C8H5ClN2OS/c1-13-6-3-2-5(4-10)11-7(6)8(9)12/h2-3H,1H3. The zero-order valence-electron chi connectivity index (χ0n) is 6.74. The molecule has 3 nitrogen and oxygen atoms in total. The van der Waals surface area contributed by atoms with Crippen molar-refractivity contribution in [2.45, 2.75) is 4.90 Å². The highest BCUT2D eigenvalue weighted by molar-refractivity contribution is 7.98. The quantitative estimate of drug-likeness (QED) is 0.556. The van der Waals surface area contributed by atoms with Gasteiger partial charge in [0, 0.05) is 4.90 Å². The number of nitriles is 1. The lowest BCUT2D eigenvalue weighted by Gasteiger charge is -2.00. The van der Waals surface area contributed by atoms with E-state index in [-0.39, 0.29) is 11.4 Å². The maximum Gasteiger partial charge on any atom is 0.272 e. The highest BCUT2D eigenvalue weighted by atomic mass is 35.5. The van der Waals surface area contributed by atoms with Crippen LogP contribution in [0.5, 0.6) is 0 Å². The first-order valence-electron chi connectivity index (χ1n) is 3.34. The molecule has 13 heavy (non-hydrogen) atoms. The minimum atomic E-state index is -0.638. The summed E-state index contributed by atoms with van der Waals surface area (Å²) in [5.41, 5.74) is 0.343. The topological polar surface area (TPSA) is 53.8 Å². The highest BCUT2D eigenvalue weighted by Gasteiger charge is 2.10. The molecule has 1 aromatic heterocycles. The number of hydrogen-bond acceptors (Lipinski definition) is 4. The molecule has 0 spiro atoms. The van der Waals surface area contributed by atoms with E-state index < -0.39 is 5.24 Å². The monoisotopic (exact) mass is 212 g/mol. The molecule has 66 valence electrons. The van der Waals surface area contributed by atoms with Crippen LogP contribution < -0.4 is 0 Å². The van der Waals surface area contributed by atoms with E-state index in [2.05, 4.69) is 4.98 Å². The van der Waals surface area contributed by atoms with Gasteiger partial charge in [-0.3, -0.25) is 4.79 Å². The van der Waals surface area contributed by atoms with Crippen molar-refractivity contribution in [3.63, 3.8) is 0 Å². The Bertz CT molecular complexity index is 386. The molecular formula is C8H5ClN2OS. The molecule has 0 aromatic carbocycles. The van der Waals surface area contributed by atoms with Crippen LogP contribution in [0.3, 0.4) is 0 Å². The van der Waals surface area contributed by atoms with E-state index in [4.69, 9.17) is 16.9 Å². The van der Waals surface area contributed by atoms with Gasteiger partial charge in [0.1, 0.15) is 17.5 Å². The molecule has 0 saturated carbocycles. The molecule has 0 N–H and O–H groups in total. The van der Waals surface area contributed by atoms with Crippen molar-refractivity contribution in [2.75, 3.05) is 6.26 Å². The number of carbonyl (C=O) groups is 1. The second-order valence-corrected chi connectivity index (χ2v) is 3.32. The molecule has 1 rings (SSSR count). The second kappa shape index (κ2) is 4.26. The fraction of sp³-hybridized carbons (Fsp3) is 0.125. The van der Waals surface area contributed by atoms with Crippen molar-refractivity contribution >= 4 is 28.6 Å². The molecule has 1 aromatic rings. The average molecular weight is 213 g/mol. The van der Waals surface area contributed by atoms with Crippen molar-refractivity contribution in [3.8, 4) is 6.07 Å². The fourth-order valence-corrected chi connectivity index (χ4v) is 1.55. The summed E-state index contributed by atoms with van der Waals surface area (Å²) in [6.07, 6.45) is 1.81. The average Bonchev–Trinajstić information content (AvgIpc) is 2.16. The number of thioether (sulfide) groups is 1. The fourth-order valence-electron chi connectivity index (χ4n) is 0.814. The van der Waals surface area contributed by atoms with Gasteiger partial charge in [-0.1, -0.05) is 0 Å². The van der Waals surface area contributed by atoms with E-state index in [1.165, 1.54) is 11.8 Å². The van der Waals surface area contributed by atoms with Crippen LogP contribution in [0.15, 0.2) is 17.0 Å². The Balaban J connectivity index is 3.28. The van der Waals surface area contributed by atoms with Crippen LogP contribution in [0.4, 0.5) is 0 Å². The summed E-state index contributed by atoms with van der Waals surface area (Å²) in [5.74, 6) is 0. The Kier molecular flexibility index (Phi) is 3.29. The number of rotatable bonds is 2. The first-order chi connectivity index (χ1) is 6.19. The molecule has 0 atom stereocenters. The minimum Gasteiger partial charge on any atom is -0.274 e. The van der Waals surface area contributed by atoms with Crippen molar-refractivity contribution in [2.24, 2.45) is 0 Å². The van der Waals surface area contributed by atoms with Gasteiger partial charge in [-0.15, -0.1) is 11.8 Å². The highest BCUT2D eigenvalue weighted by Crippen LogP contribution is 2.20. The van der Waals surface area contributed by atoms with Crippen LogP contribution in [0, 0.1) is 11.3 Å². The smallest absolute Gasteiger partial charge is 0.272 e. The predicted octanol–water partition coefficient (Wildman–Crippen LogP) is 2.05. The molecule has 0 aliphatic carbocycles. The van der Waals surface area contributed by atoms with Crippen LogP contribution >= 0.6 is 23.4 Å². The Morgan fingerprint density at radius 1 is 1.69 bits per heavy atom. The number of hydrogen-bond donors (Lipinski definition) is 0. The van der Waals surface area contributed by atoms with E-state index >= 15 is 0 Å². The third-order valence-electron chi connectivity index (χ3n) is 1.38. The summed E-state index contributed by atoms with van der Waals surface area (Å²) in [7, 11) is 0. The zero-order chi connectivity index (χ0) is 9.84. The number of pyridine rings is 1. The van der Waals surface area contributed by atoms with Gasteiger partial charge >= 0.3 is 0 Å². The summed E-state index contributed by atoms with van der Waals surface area (Å²) >= 11 is 6.66. The Hall–Kier alpha value is -1.05. The second-order valence-electron chi connectivity index (χ2n) is 2.13. The van der Waals surface area contributed by atoms with Crippen LogP contribution in [0.2, 0.25) is 0 Å². The third-order valence-corrected chi connectivity index (χ3v) is 2.33. The first kappa shape index (κ1) is 10.0. The molecule has 1 heterocycles. The van der Waals surface area contributed by atoms with Crippen molar-refractivity contribution in [1.29, 1.82) is 5.26 Å². The molecule has 5 heteroatoms. The molecule has 0 aliphatic rings. The van der Waals surface area contributed by atoms with Gasteiger partial charge in [0.05, 0.1) is 0 Å². The van der Waals surface area contributed by atoms with Crippen LogP contribution in [0.1, 0.15) is 16.2 Å². The number of halogens is 1. The van der Waals surface area contributed by atoms with E-state index in [0.29, 0.717) is 4.90 Å². The van der Waals surface area contributed by atoms with Crippen molar-refractivity contribution in [1.82, 2.24) is 4.98 Å². The number of nitrogens with zero attached hydrogens (tertiary/aromatic N) is 2. The first-order valence-corrected chi connectivity index (χ1v) is 4.94. The molecule has 0 fully saturated rings. The summed E-state index contributed by atoms with van der Waals surface area (Å²) in [4.78, 5) is 15.4. The van der Waals surface area contributed by atoms with Gasteiger partial charge in [0.2, 0.25) is 0 Å². The molecule has 0 bridgehead atoms. The van der Waals surface area contributed by atoms with Crippen molar-refractivity contribution < 1.29 is 4.79 Å². The third kappa shape index (κ3) is 2.20. The summed E-state index contributed by atoms with van der Waals surface area (Å²) in [6, 6.07) is 5.05. The zero-order valence-corrected chi connectivity index (χ0v) is 8.32. The summed E-state index contributed by atoms with van der Waals surface area (Å²) < 4.78 is 0. The van der Waals surface area contributed by atoms with E-state index in [0.717, 1.165) is 0 Å². The largest absolute Gasteiger partial charge is 0.274 e. The maximum atomic E-state index is 10.9. The van der Waals surface area contributed by atoms with Crippen LogP contribution in [-0.4, -0.2) is 16.5 Å². The summed E-state index contributed by atoms with van der Waals surface area (Å²) in [5, 5.41) is 7.90. The van der Waals surface area contributed by atoms with Gasteiger partial charge in [-0.05, 0) is 30.0 Å². The normalized spacial score (nSPS) is 9.31. The molecule has 0 unspecified atom stereocenters. The van der Waals surface area contributed by atoms with E-state index in [9.17, 15) is 4.79 Å². The van der Waals surface area contributed by atoms with Gasteiger partial charge in [0.15, 0.2) is 0 Å². The minimum absolute atomic E-state index is 0.146. The van der Waals surface area contributed by atoms with Gasteiger partial charge in [-0.2, -0.15) is 5.26 Å². The lowest BCUT2D eigenvalue weighted by molar-refractivity contribution is 0.107. The Morgan fingerprint density at radius 3 is 2.85 bits per heavy atom. The van der Waals surface area contributed by atoms with Gasteiger partial charge in [-0.25, -0.2) is 4.98 Å². The number of carbonyl (C=O) groups excluding carboxylic acids is 1. The van der Waals surface area contributed by atoms with E-state index in [1.807, 2.05) is 12.3 Å². The summed E-state index contributed by atoms with van der Waals surface area (Å²) in [6.45, 7) is 0. The lowest BCUT2D eigenvalue weighted by atomic mass is 10.3. The van der Waals surface area contributed by atoms with Gasteiger partial charge < -0.3 is 0 Å². The van der Waals surface area contributed by atoms with E-state index in [1.54, 1.807) is 12.1 Å². The Morgan fingerprint density at radius 2 is 2.38 bits per heavy atom. The molecule has 0 radical (unpaired) electrons. The molecule has 0 amide bonds. The predicted molar refractivity (Wildman–Crippen MR) is 50.9 cm³/mol. The van der Waals surface area contributed by atoms with Crippen LogP contribution in [0.25, 0.3) is 0 Å². The lowest BCUT2D eigenvalue weighted by Crippen LogP contribution is -1.98.